The molecule has 0 atom stereocenters. The number of hydrogen-bond acceptors (Lipinski definition) is 5. The van der Waals surface area contributed by atoms with Crippen molar-refractivity contribution in [3.63, 3.8) is 0 Å². The van der Waals surface area contributed by atoms with Crippen LogP contribution < -0.4 is 4.72 Å². The predicted molar refractivity (Wildman–Crippen MR) is 56.8 cm³/mol. The molecule has 0 aliphatic heterocycles. The maximum absolute atomic E-state index is 11.4. The zero-order valence-electron chi connectivity index (χ0n) is 8.09. The summed E-state index contributed by atoms with van der Waals surface area (Å²) in [6.45, 7) is 3.04. The molecule has 0 aliphatic carbocycles. The molecule has 6 nitrogen and oxygen atoms in total. The fourth-order valence-electron chi connectivity index (χ4n) is 0.660. The molecule has 0 unspecified atom stereocenters. The van der Waals surface area contributed by atoms with E-state index in [9.17, 15) is 13.2 Å². The third-order valence-corrected chi connectivity index (χ3v) is 4.32. The molecular weight excluding hydrogens is 240 g/mol. The standard InChI is InChI=1S/C7H10N2O4S2/c1-4(2)15(12,13)9-7-8-3-5(14-7)6(10)11/h3-4H,1-2H3,(H,8,9)(H,10,11). The van der Waals surface area contributed by atoms with Crippen LogP contribution >= 0.6 is 11.3 Å². The highest BCUT2D eigenvalue weighted by atomic mass is 32.2. The van der Waals surface area contributed by atoms with Crippen molar-refractivity contribution in [1.82, 2.24) is 4.98 Å². The Kier molecular flexibility index (Phi) is 3.30. The van der Waals surface area contributed by atoms with Crippen molar-refractivity contribution in [1.29, 1.82) is 0 Å². The number of hydrogen-bond donors (Lipinski definition) is 2. The van der Waals surface area contributed by atoms with Crippen LogP contribution in [0, 0.1) is 0 Å². The van der Waals surface area contributed by atoms with E-state index in [4.69, 9.17) is 5.11 Å². The van der Waals surface area contributed by atoms with Gasteiger partial charge in [0.2, 0.25) is 10.0 Å². The van der Waals surface area contributed by atoms with Gasteiger partial charge in [-0.05, 0) is 13.8 Å². The normalized spacial score (nSPS) is 11.7. The first-order valence-electron chi connectivity index (χ1n) is 4.03. The van der Waals surface area contributed by atoms with Crippen molar-refractivity contribution in [3.8, 4) is 0 Å². The van der Waals surface area contributed by atoms with Gasteiger partial charge >= 0.3 is 5.97 Å². The van der Waals surface area contributed by atoms with Gasteiger partial charge in [-0.1, -0.05) is 11.3 Å². The van der Waals surface area contributed by atoms with E-state index in [0.29, 0.717) is 0 Å². The van der Waals surface area contributed by atoms with Crippen LogP contribution in [-0.2, 0) is 10.0 Å². The summed E-state index contributed by atoms with van der Waals surface area (Å²) in [5, 5.41) is 8.08. The van der Waals surface area contributed by atoms with E-state index in [1.165, 1.54) is 13.8 Å². The molecule has 0 amide bonds. The van der Waals surface area contributed by atoms with Crippen LogP contribution in [0.15, 0.2) is 6.20 Å². The molecule has 8 heteroatoms. The largest absolute Gasteiger partial charge is 0.477 e. The minimum absolute atomic E-state index is 0.00328. The zero-order chi connectivity index (χ0) is 11.6. The molecular formula is C7H10N2O4S2. The fraction of sp³-hybridized carbons (Fsp3) is 0.429. The number of rotatable bonds is 4. The number of aromatic carboxylic acids is 1. The number of carboxylic acid groups (broad SMARTS) is 1. The van der Waals surface area contributed by atoms with E-state index in [1.807, 2.05) is 0 Å². The number of nitrogens with one attached hydrogen (secondary N) is 1. The molecule has 84 valence electrons. The summed E-state index contributed by atoms with van der Waals surface area (Å²) >= 11 is 0.784. The lowest BCUT2D eigenvalue weighted by atomic mass is 10.6. The minimum atomic E-state index is -3.46. The van der Waals surface area contributed by atoms with Crippen molar-refractivity contribution in [2.75, 3.05) is 4.72 Å². The van der Waals surface area contributed by atoms with Gasteiger partial charge in [-0.2, -0.15) is 0 Å². The second kappa shape index (κ2) is 4.15. The highest BCUT2D eigenvalue weighted by Gasteiger charge is 2.18. The van der Waals surface area contributed by atoms with Gasteiger partial charge in [0.15, 0.2) is 5.13 Å². The van der Waals surface area contributed by atoms with Gasteiger partial charge in [0.05, 0.1) is 11.4 Å². The maximum atomic E-state index is 11.4. The lowest BCUT2D eigenvalue weighted by Gasteiger charge is -2.06. The summed E-state index contributed by atoms with van der Waals surface area (Å²) in [6, 6.07) is 0. The average molecular weight is 250 g/mol. The first-order valence-corrected chi connectivity index (χ1v) is 6.40. The molecule has 0 saturated carbocycles. The monoisotopic (exact) mass is 250 g/mol. The number of aromatic nitrogens is 1. The van der Waals surface area contributed by atoms with Gasteiger partial charge in [-0.15, -0.1) is 0 Å². The quantitative estimate of drug-likeness (QED) is 0.830. The lowest BCUT2D eigenvalue weighted by molar-refractivity contribution is 0.0702. The Bertz CT molecular complexity index is 463. The predicted octanol–water partition coefficient (Wildman–Crippen LogP) is 0.991. The van der Waals surface area contributed by atoms with Crippen molar-refractivity contribution >= 4 is 32.5 Å². The number of carbonyl (C=O) groups is 1. The van der Waals surface area contributed by atoms with E-state index in [2.05, 4.69) is 9.71 Å². The van der Waals surface area contributed by atoms with E-state index in [0.717, 1.165) is 17.5 Å². The molecule has 0 radical (unpaired) electrons. The molecule has 0 fully saturated rings. The highest BCUT2D eigenvalue weighted by molar-refractivity contribution is 7.93. The number of carboxylic acids is 1. The van der Waals surface area contributed by atoms with Crippen molar-refractivity contribution < 1.29 is 18.3 Å². The Balaban J connectivity index is 2.87. The smallest absolute Gasteiger partial charge is 0.347 e. The topological polar surface area (TPSA) is 96.4 Å². The molecule has 1 rings (SSSR count). The summed E-state index contributed by atoms with van der Waals surface area (Å²) in [5.74, 6) is -1.12. The van der Waals surface area contributed by atoms with Gasteiger partial charge in [0, 0.05) is 0 Å². The SMILES string of the molecule is CC(C)S(=O)(=O)Nc1ncc(C(=O)O)s1. The van der Waals surface area contributed by atoms with Crippen LogP contribution in [0.4, 0.5) is 5.13 Å². The van der Waals surface area contributed by atoms with Crippen LogP contribution in [-0.4, -0.2) is 29.7 Å². The third kappa shape index (κ3) is 2.90. The van der Waals surface area contributed by atoms with Crippen LogP contribution in [0.5, 0.6) is 0 Å². The molecule has 0 spiro atoms. The molecule has 0 aromatic carbocycles. The molecule has 1 aromatic heterocycles. The lowest BCUT2D eigenvalue weighted by Crippen LogP contribution is -2.22. The summed E-state index contributed by atoms with van der Waals surface area (Å²) in [4.78, 5) is 14.2. The van der Waals surface area contributed by atoms with Gasteiger partial charge in [0.1, 0.15) is 4.88 Å². The second-order valence-corrected chi connectivity index (χ2v) is 6.30. The van der Waals surface area contributed by atoms with Crippen LogP contribution in [0.1, 0.15) is 23.5 Å². The van der Waals surface area contributed by atoms with Gasteiger partial charge in [0.25, 0.3) is 0 Å². The highest BCUT2D eigenvalue weighted by Crippen LogP contribution is 2.19. The number of nitrogens with zero attached hydrogens (tertiary/aromatic N) is 1. The van der Waals surface area contributed by atoms with Crippen molar-refractivity contribution in [2.24, 2.45) is 0 Å². The van der Waals surface area contributed by atoms with Gasteiger partial charge in [-0.3, -0.25) is 4.72 Å². The van der Waals surface area contributed by atoms with Crippen molar-refractivity contribution in [3.05, 3.63) is 11.1 Å². The second-order valence-electron chi connectivity index (χ2n) is 3.03. The first kappa shape index (κ1) is 11.9. The Morgan fingerprint density at radius 3 is 2.60 bits per heavy atom. The molecule has 0 bridgehead atoms. The van der Waals surface area contributed by atoms with Crippen LogP contribution in [0.25, 0.3) is 0 Å². The summed E-state index contributed by atoms with van der Waals surface area (Å²) in [5.41, 5.74) is 0. The number of anilines is 1. The fourth-order valence-corrected chi connectivity index (χ4v) is 2.21. The minimum Gasteiger partial charge on any atom is -0.477 e. The Morgan fingerprint density at radius 2 is 2.20 bits per heavy atom. The molecule has 0 saturated heterocycles. The van der Waals surface area contributed by atoms with E-state index >= 15 is 0 Å². The van der Waals surface area contributed by atoms with Crippen LogP contribution in [0.2, 0.25) is 0 Å². The van der Waals surface area contributed by atoms with Crippen molar-refractivity contribution in [2.45, 2.75) is 19.1 Å². The summed E-state index contributed by atoms with van der Waals surface area (Å²) in [6.07, 6.45) is 1.12. The molecule has 1 aromatic rings. The Labute approximate surface area is 91.0 Å². The first-order chi connectivity index (χ1) is 6.83. The van der Waals surface area contributed by atoms with E-state index < -0.39 is 21.2 Å². The average Bonchev–Trinajstić information content (AvgIpc) is 2.51. The van der Waals surface area contributed by atoms with Crippen LogP contribution in [0.3, 0.4) is 0 Å². The zero-order valence-corrected chi connectivity index (χ0v) is 9.72. The maximum Gasteiger partial charge on any atom is 0.347 e. The molecule has 0 aliphatic rings. The Hall–Kier alpha value is -1.15. The third-order valence-electron chi connectivity index (χ3n) is 1.57. The van der Waals surface area contributed by atoms with Gasteiger partial charge < -0.3 is 5.11 Å². The number of thiazole rings is 1. The summed E-state index contributed by atoms with van der Waals surface area (Å²) in [7, 11) is -3.46. The summed E-state index contributed by atoms with van der Waals surface area (Å²) < 4.78 is 25.0. The molecule has 15 heavy (non-hydrogen) atoms. The molecule has 2 N–H and O–H groups in total. The van der Waals surface area contributed by atoms with Gasteiger partial charge in [-0.25, -0.2) is 18.2 Å². The molecule has 1 heterocycles. The van der Waals surface area contributed by atoms with E-state index in [-0.39, 0.29) is 10.0 Å². The van der Waals surface area contributed by atoms with E-state index in [1.54, 1.807) is 0 Å². The number of sulfonamides is 1. The Morgan fingerprint density at radius 1 is 1.60 bits per heavy atom.